The van der Waals surface area contributed by atoms with Crippen molar-refractivity contribution < 1.29 is 133 Å². The molecule has 2 aliphatic rings. The normalized spacial score (nSPS) is 14.4. The van der Waals surface area contributed by atoms with Crippen LogP contribution in [0.4, 0.5) is 22.7 Å². The number of rotatable bonds is 8. The van der Waals surface area contributed by atoms with Crippen LogP contribution < -0.4 is 70.0 Å². The van der Waals surface area contributed by atoms with Crippen molar-refractivity contribution in [3.8, 4) is 11.5 Å². The number of nitrogens with one attached hydrogen (secondary N) is 2. The van der Waals surface area contributed by atoms with Crippen LogP contribution in [0.25, 0.3) is 9.81 Å². The fraction of sp³-hybridized carbons (Fsp3) is 0. The van der Waals surface area contributed by atoms with E-state index in [2.05, 4.69) is 21.1 Å². The fourth-order valence-electron chi connectivity index (χ4n) is 4.93. The summed E-state index contributed by atoms with van der Waals surface area (Å²) in [5, 5.41) is 49.2. The number of non-ortho nitro benzene ring substituents is 2. The van der Waals surface area contributed by atoms with E-state index in [-0.39, 0.29) is 134 Å². The van der Waals surface area contributed by atoms with Gasteiger partial charge in [0.15, 0.2) is 0 Å². The topological polar surface area (TPSA) is 318 Å². The number of fused-ring (bicyclic) bond motifs is 2. The molecule has 0 aromatic heterocycles. The van der Waals surface area contributed by atoms with Crippen molar-refractivity contribution in [1.29, 1.82) is 0 Å². The number of aromatic hydroxyl groups is 2. The maximum atomic E-state index is 12.3. The van der Waals surface area contributed by atoms with Crippen LogP contribution in [0, 0.1) is 20.2 Å². The largest absolute Gasteiger partial charge is 1.00 e. The van der Waals surface area contributed by atoms with Gasteiger partial charge in [-0.2, -0.15) is 27.0 Å². The van der Waals surface area contributed by atoms with Crippen molar-refractivity contribution in [2.45, 2.75) is 0 Å². The standard InChI is InChI=1S/2C16H11N3O7S.Cr.2Na/c2*20-13-4-2-1-3-12(13)17-18-16-10-6-5-9(19(22)23)7-11(10)15(8-14(16)21)27(24,25)26;;;/h2*1-8,17,20H,(H,24,25,26);;;/q;;;2*+1/p+1/b2*18-16-;;;. The van der Waals surface area contributed by atoms with Gasteiger partial charge in [0, 0.05) is 76.0 Å². The van der Waals surface area contributed by atoms with Gasteiger partial charge in [0.05, 0.1) is 21.2 Å². The Labute approximate surface area is 378 Å². The number of nitro benzene ring substituents is 2. The first kappa shape index (κ1) is 48.5. The van der Waals surface area contributed by atoms with Gasteiger partial charge in [0.25, 0.3) is 31.6 Å². The smallest absolute Gasteiger partial charge is 0.506 e. The summed E-state index contributed by atoms with van der Waals surface area (Å²) in [6.07, 6.45) is 1.26. The van der Waals surface area contributed by atoms with Crippen molar-refractivity contribution in [3.05, 3.63) is 140 Å². The molecule has 0 unspecified atom stereocenters. The zero-order chi connectivity index (χ0) is 39.5. The quantitative estimate of drug-likeness (QED) is 0.0366. The zero-order valence-electron chi connectivity index (χ0n) is 30.1. The van der Waals surface area contributed by atoms with E-state index >= 15 is 0 Å². The van der Waals surface area contributed by atoms with E-state index in [4.69, 9.17) is 0 Å². The van der Waals surface area contributed by atoms with E-state index in [0.717, 1.165) is 36.4 Å². The van der Waals surface area contributed by atoms with Crippen LogP contribution in [0.5, 0.6) is 11.5 Å². The minimum absolute atomic E-state index is 0. The molecular weight excluding hydrogens is 854 g/mol. The maximum Gasteiger partial charge on any atom is 1.00 e. The molecule has 25 heteroatoms. The third-order valence-electron chi connectivity index (χ3n) is 7.40. The van der Waals surface area contributed by atoms with E-state index in [1.807, 2.05) is 0 Å². The van der Waals surface area contributed by atoms with Crippen LogP contribution in [0.3, 0.4) is 0 Å². The number of nitro groups is 2. The van der Waals surface area contributed by atoms with Gasteiger partial charge in [-0.25, -0.2) is 0 Å². The van der Waals surface area contributed by atoms with Gasteiger partial charge >= 0.3 is 60.5 Å². The zero-order valence-corrected chi connectivity index (χ0v) is 36.0. The first-order chi connectivity index (χ1) is 25.4. The number of carbonyl (C=O) groups excluding carboxylic acids is 2. The predicted octanol–water partition coefficient (Wildman–Crippen LogP) is -2.03. The Balaban J connectivity index is 0.000000543. The van der Waals surface area contributed by atoms with Gasteiger partial charge in [-0.1, -0.05) is 24.3 Å². The number of phenols is 2. The second kappa shape index (κ2) is 19.7. The SMILES string of the molecule is O=C1C=C(S(=O)(=O)O)c2cc([N+](=O)[O-])ccc2/C1=N/Nc1ccccc1O.O=C1C=C(S(=O)(=O)O)c2cc([N+](=O)[O-])ccc2/C1=N/Nc1ccccc1O.[Cr].[H+].[Na+].[Na+]. The number of ketones is 2. The molecule has 6 rings (SSSR count). The molecule has 0 spiro atoms. The van der Waals surface area contributed by atoms with Gasteiger partial charge in [-0.15, -0.1) is 0 Å². The molecule has 0 saturated heterocycles. The fourth-order valence-corrected chi connectivity index (χ4v) is 6.34. The van der Waals surface area contributed by atoms with Gasteiger partial charge in [-0.3, -0.25) is 49.8 Å². The first-order valence-electron chi connectivity index (χ1n) is 14.7. The Morgan fingerprint density at radius 2 is 0.912 bits per heavy atom. The number of nitrogens with zero attached hydrogens (tertiary/aromatic N) is 4. The van der Waals surface area contributed by atoms with Crippen LogP contribution in [-0.2, 0) is 47.2 Å². The summed E-state index contributed by atoms with van der Waals surface area (Å²) in [5.41, 5.74) is 3.50. The number of carbonyl (C=O) groups is 2. The van der Waals surface area contributed by atoms with Crippen molar-refractivity contribution in [3.63, 3.8) is 0 Å². The van der Waals surface area contributed by atoms with E-state index in [9.17, 15) is 66.0 Å². The van der Waals surface area contributed by atoms with Crippen molar-refractivity contribution >= 4 is 75.8 Å². The number of para-hydroxylation sites is 4. The van der Waals surface area contributed by atoms with E-state index < -0.39 is 62.8 Å². The Kier molecular flexibility index (Phi) is 16.8. The molecule has 0 amide bonds. The molecule has 4 aromatic rings. The van der Waals surface area contributed by atoms with E-state index in [1.54, 1.807) is 24.3 Å². The molecule has 0 fully saturated rings. The molecule has 0 radical (unpaired) electrons. The summed E-state index contributed by atoms with van der Waals surface area (Å²) < 4.78 is 65.1. The maximum absolute atomic E-state index is 12.3. The second-order valence-electron chi connectivity index (χ2n) is 10.8. The molecule has 6 N–H and O–H groups in total. The predicted molar refractivity (Wildman–Crippen MR) is 193 cm³/mol. The van der Waals surface area contributed by atoms with E-state index in [1.165, 1.54) is 24.3 Å². The molecule has 57 heavy (non-hydrogen) atoms. The molecule has 282 valence electrons. The number of anilines is 2. The van der Waals surface area contributed by atoms with Crippen LogP contribution >= 0.6 is 0 Å². The Hall–Kier alpha value is -4.61. The number of hydrogen-bond acceptors (Lipinski definition) is 16. The molecule has 0 saturated carbocycles. The van der Waals surface area contributed by atoms with Crippen molar-refractivity contribution in [2.24, 2.45) is 10.2 Å². The summed E-state index contributed by atoms with van der Waals surface area (Å²) in [6.45, 7) is 0. The average Bonchev–Trinajstić information content (AvgIpc) is 3.10. The molecule has 2 aliphatic carbocycles. The monoisotopic (exact) mass is 877 g/mol. The number of hydrogen-bond donors (Lipinski definition) is 6. The molecule has 20 nitrogen and oxygen atoms in total. The molecule has 4 aromatic carbocycles. The third kappa shape index (κ3) is 11.3. The Morgan fingerprint density at radius 3 is 1.21 bits per heavy atom. The molecule has 0 bridgehead atoms. The van der Waals surface area contributed by atoms with Crippen LogP contribution in [0.15, 0.2) is 107 Å². The summed E-state index contributed by atoms with van der Waals surface area (Å²) >= 11 is 0. The number of allylic oxidation sites excluding steroid dienone is 2. The minimum Gasteiger partial charge on any atom is -0.506 e. The number of hydrazone groups is 2. The van der Waals surface area contributed by atoms with Crippen molar-refractivity contribution in [2.75, 3.05) is 10.9 Å². The molecular formula is C32H23CrN6Na2O14S2+3. The summed E-state index contributed by atoms with van der Waals surface area (Å²) in [6, 6.07) is 18.5. The van der Waals surface area contributed by atoms with Gasteiger partial charge in [0.1, 0.15) is 32.7 Å². The first-order valence-corrected chi connectivity index (χ1v) is 17.5. The Bertz CT molecular complexity index is 2480. The minimum atomic E-state index is -4.81. The summed E-state index contributed by atoms with van der Waals surface area (Å²) in [7, 11) is -9.62. The van der Waals surface area contributed by atoms with Crippen LogP contribution in [0.1, 0.15) is 23.7 Å². The van der Waals surface area contributed by atoms with E-state index in [0.29, 0.717) is 12.2 Å². The Morgan fingerprint density at radius 1 is 0.579 bits per heavy atom. The van der Waals surface area contributed by atoms with Gasteiger partial charge in [0.2, 0.25) is 11.6 Å². The van der Waals surface area contributed by atoms with Crippen LogP contribution in [0.2, 0.25) is 0 Å². The number of phenolic OH excluding ortho intramolecular Hbond substituents is 2. The van der Waals surface area contributed by atoms with Gasteiger partial charge < -0.3 is 10.2 Å². The number of benzene rings is 4. The molecule has 0 atom stereocenters. The molecule has 0 heterocycles. The van der Waals surface area contributed by atoms with Crippen molar-refractivity contribution in [1.82, 2.24) is 0 Å². The third-order valence-corrected chi connectivity index (χ3v) is 9.19. The van der Waals surface area contributed by atoms with Gasteiger partial charge in [-0.05, 0) is 36.4 Å². The average molecular weight is 878 g/mol. The van der Waals surface area contributed by atoms with Crippen LogP contribution in [-0.4, -0.2) is 69.0 Å². The summed E-state index contributed by atoms with van der Waals surface area (Å²) in [4.78, 5) is 43.6. The molecule has 0 aliphatic heterocycles. The summed E-state index contributed by atoms with van der Waals surface area (Å²) in [5.74, 6) is -1.95. The second-order valence-corrected chi connectivity index (χ2v) is 13.6.